The molecule has 0 aliphatic carbocycles. The summed E-state index contributed by atoms with van der Waals surface area (Å²) >= 11 is 0. The van der Waals surface area contributed by atoms with E-state index in [1.165, 1.54) is 4.90 Å². The van der Waals surface area contributed by atoms with Gasteiger partial charge in [-0.1, -0.05) is 0 Å². The van der Waals surface area contributed by atoms with Gasteiger partial charge in [-0.05, 0) is 12.8 Å². The van der Waals surface area contributed by atoms with E-state index in [-0.39, 0.29) is 24.4 Å². The van der Waals surface area contributed by atoms with Crippen LogP contribution >= 0.6 is 0 Å². The third-order valence-corrected chi connectivity index (χ3v) is 5.38. The zero-order chi connectivity index (χ0) is 20.1. The number of likely N-dealkylation sites (tertiary alicyclic amines) is 1. The Balaban J connectivity index is 1.36. The van der Waals surface area contributed by atoms with E-state index < -0.39 is 28.5 Å². The summed E-state index contributed by atoms with van der Waals surface area (Å²) in [6, 6.07) is -1.47. The van der Waals surface area contributed by atoms with Gasteiger partial charge in [0.25, 0.3) is 0 Å². The Bertz CT molecular complexity index is 883. The molecule has 4 rings (SSSR count). The summed E-state index contributed by atoms with van der Waals surface area (Å²) in [7, 11) is -4.78. The second kappa shape index (κ2) is 6.84. The first-order valence-corrected chi connectivity index (χ1v) is 9.99. The van der Waals surface area contributed by atoms with E-state index in [1.54, 1.807) is 4.90 Å². The van der Waals surface area contributed by atoms with Gasteiger partial charge in [-0.3, -0.25) is 9.96 Å². The van der Waals surface area contributed by atoms with Crippen LogP contribution in [0.25, 0.3) is 0 Å². The van der Waals surface area contributed by atoms with E-state index in [4.69, 9.17) is 20.1 Å². The zero-order valence-corrected chi connectivity index (χ0v) is 15.5. The van der Waals surface area contributed by atoms with Gasteiger partial charge in [0.15, 0.2) is 5.96 Å². The molecule has 5 N–H and O–H groups in total. The van der Waals surface area contributed by atoms with E-state index in [0.717, 1.165) is 0 Å². The second-order valence-electron chi connectivity index (χ2n) is 6.91. The minimum absolute atomic E-state index is 0.0380. The highest BCUT2D eigenvalue weighted by molar-refractivity contribution is 7.80. The van der Waals surface area contributed by atoms with Crippen molar-refractivity contribution in [1.29, 1.82) is 5.41 Å². The SMILES string of the molecule is N=C(N)N1CC(NCc2nnc([C@@H]3CC[C@H]4CN3C(=O)N4OS(=O)(=O)O)o2)C1. The van der Waals surface area contributed by atoms with Crippen molar-refractivity contribution in [3.63, 3.8) is 0 Å². The Hall–Kier alpha value is -2.49. The van der Waals surface area contributed by atoms with Crippen LogP contribution in [0.15, 0.2) is 4.42 Å². The number of urea groups is 1. The maximum atomic E-state index is 12.4. The number of rotatable bonds is 6. The third kappa shape index (κ3) is 3.60. The van der Waals surface area contributed by atoms with Crippen LogP contribution in [0.5, 0.6) is 0 Å². The molecule has 0 spiro atoms. The maximum Gasteiger partial charge on any atom is 0.418 e. The molecule has 3 fully saturated rings. The van der Waals surface area contributed by atoms with Crippen LogP contribution < -0.4 is 11.1 Å². The molecule has 14 nitrogen and oxygen atoms in total. The number of fused-ring (bicyclic) bond motifs is 2. The number of carbonyl (C=O) groups excluding carboxylic acids is 1. The topological polar surface area (TPSA) is 191 Å². The average Bonchev–Trinajstić information content (AvgIpc) is 3.12. The van der Waals surface area contributed by atoms with E-state index >= 15 is 0 Å². The molecule has 3 aliphatic rings. The number of hydrogen-bond acceptors (Lipinski definition) is 9. The standard InChI is InChI=1S/C13H20N8O6S/c14-12(15)19-4-7(5-19)16-3-10-17-18-11(26-10)9-2-1-8-6-20(9)13(22)21(8)27-28(23,24)25/h7-9,16H,1-6H2,(H3,14,15)(H,23,24,25)/t8-,9-/m0/s1. The van der Waals surface area contributed by atoms with Crippen LogP contribution in [0.1, 0.15) is 30.7 Å². The third-order valence-electron chi connectivity index (χ3n) is 5.03. The van der Waals surface area contributed by atoms with E-state index in [9.17, 15) is 13.2 Å². The number of nitrogens with one attached hydrogen (secondary N) is 2. The second-order valence-corrected chi connectivity index (χ2v) is 7.92. The van der Waals surface area contributed by atoms with Crippen LogP contribution in [-0.4, -0.2) is 81.7 Å². The molecule has 1 aromatic heterocycles. The Labute approximate surface area is 160 Å². The first-order valence-electron chi connectivity index (χ1n) is 8.63. The predicted molar refractivity (Wildman–Crippen MR) is 90.8 cm³/mol. The van der Waals surface area contributed by atoms with Gasteiger partial charge in [-0.25, -0.2) is 4.79 Å². The van der Waals surface area contributed by atoms with Crippen molar-refractivity contribution in [3.8, 4) is 0 Å². The Morgan fingerprint density at radius 3 is 2.79 bits per heavy atom. The van der Waals surface area contributed by atoms with Crippen molar-refractivity contribution >= 4 is 22.4 Å². The molecule has 2 atom stereocenters. The highest BCUT2D eigenvalue weighted by atomic mass is 32.3. The van der Waals surface area contributed by atoms with Gasteiger partial charge in [0.2, 0.25) is 11.8 Å². The molecule has 0 unspecified atom stereocenters. The van der Waals surface area contributed by atoms with Crippen molar-refractivity contribution in [2.75, 3.05) is 19.6 Å². The smallest absolute Gasteiger partial charge is 0.418 e. The molecular formula is C13H20N8O6S. The van der Waals surface area contributed by atoms with Gasteiger partial charge >= 0.3 is 16.4 Å². The summed E-state index contributed by atoms with van der Waals surface area (Å²) in [6.07, 6.45) is 0.953. The molecule has 28 heavy (non-hydrogen) atoms. The normalized spacial score (nSPS) is 25.3. The van der Waals surface area contributed by atoms with Crippen molar-refractivity contribution in [2.24, 2.45) is 5.73 Å². The van der Waals surface area contributed by atoms with Crippen LogP contribution in [0.3, 0.4) is 0 Å². The molecule has 15 heteroatoms. The minimum atomic E-state index is -4.78. The lowest BCUT2D eigenvalue weighted by Gasteiger charge is -2.39. The zero-order valence-electron chi connectivity index (χ0n) is 14.7. The lowest BCUT2D eigenvalue weighted by Crippen LogP contribution is -2.61. The summed E-state index contributed by atoms with van der Waals surface area (Å²) in [4.78, 5) is 15.5. The highest BCUT2D eigenvalue weighted by Crippen LogP contribution is 2.38. The molecule has 2 amide bonds. The lowest BCUT2D eigenvalue weighted by molar-refractivity contribution is -0.0317. The summed E-state index contributed by atoms with van der Waals surface area (Å²) < 4.78 is 40.8. The van der Waals surface area contributed by atoms with Gasteiger partial charge in [-0.2, -0.15) is 13.5 Å². The molecule has 0 radical (unpaired) electrons. The van der Waals surface area contributed by atoms with Crippen molar-refractivity contribution in [2.45, 2.75) is 37.5 Å². The molecule has 4 heterocycles. The Morgan fingerprint density at radius 1 is 1.36 bits per heavy atom. The molecule has 0 saturated carbocycles. The fourth-order valence-corrected chi connectivity index (χ4v) is 3.99. The van der Waals surface area contributed by atoms with Crippen molar-refractivity contribution in [1.82, 2.24) is 30.4 Å². The number of carbonyl (C=O) groups is 1. The van der Waals surface area contributed by atoms with Gasteiger partial charge < -0.3 is 25.3 Å². The molecule has 1 aromatic rings. The molecule has 0 aromatic carbocycles. The largest absolute Gasteiger partial charge is 0.422 e. The number of aromatic nitrogens is 2. The molecular weight excluding hydrogens is 396 g/mol. The lowest BCUT2D eigenvalue weighted by atomic mass is 10.0. The van der Waals surface area contributed by atoms with Crippen LogP contribution in [0, 0.1) is 5.41 Å². The van der Waals surface area contributed by atoms with Crippen LogP contribution in [-0.2, 0) is 21.2 Å². The molecule has 3 saturated heterocycles. The van der Waals surface area contributed by atoms with Crippen LogP contribution in [0.4, 0.5) is 4.79 Å². The number of piperidine rings is 1. The first kappa shape index (κ1) is 18.9. The van der Waals surface area contributed by atoms with Gasteiger partial charge in [0.1, 0.15) is 6.04 Å². The van der Waals surface area contributed by atoms with E-state index in [2.05, 4.69) is 19.8 Å². The highest BCUT2D eigenvalue weighted by Gasteiger charge is 2.49. The van der Waals surface area contributed by atoms with Crippen molar-refractivity contribution < 1.29 is 26.5 Å². The van der Waals surface area contributed by atoms with Gasteiger partial charge in [-0.15, -0.1) is 14.5 Å². The molecule has 2 bridgehead atoms. The first-order chi connectivity index (χ1) is 13.2. The number of guanidine groups is 1. The van der Waals surface area contributed by atoms with Crippen molar-refractivity contribution in [3.05, 3.63) is 11.8 Å². The van der Waals surface area contributed by atoms with Crippen LogP contribution in [0.2, 0.25) is 0 Å². The monoisotopic (exact) mass is 416 g/mol. The van der Waals surface area contributed by atoms with Gasteiger partial charge in [0, 0.05) is 25.7 Å². The molecule has 154 valence electrons. The Morgan fingerprint density at radius 2 is 2.11 bits per heavy atom. The van der Waals surface area contributed by atoms with E-state index in [1.807, 2.05) is 0 Å². The Kier molecular flexibility index (Phi) is 4.60. The predicted octanol–water partition coefficient (Wildman–Crippen LogP) is -1.59. The number of amides is 2. The molecule has 3 aliphatic heterocycles. The maximum absolute atomic E-state index is 12.4. The summed E-state index contributed by atoms with van der Waals surface area (Å²) in [5, 5.41) is 19.2. The number of nitrogens with zero attached hydrogens (tertiary/aromatic N) is 5. The summed E-state index contributed by atoms with van der Waals surface area (Å²) in [5.41, 5.74) is 5.39. The number of hydrogen-bond donors (Lipinski definition) is 4. The van der Waals surface area contributed by atoms with E-state index in [0.29, 0.717) is 43.4 Å². The fourth-order valence-electron chi connectivity index (χ4n) is 3.60. The summed E-state index contributed by atoms with van der Waals surface area (Å²) in [5.74, 6) is 0.656. The summed E-state index contributed by atoms with van der Waals surface area (Å²) in [6.45, 7) is 1.83. The number of hydroxylamine groups is 2. The quantitative estimate of drug-likeness (QED) is 0.237. The van der Waals surface area contributed by atoms with Gasteiger partial charge in [0.05, 0.1) is 12.6 Å². The average molecular weight is 416 g/mol. The fraction of sp³-hybridized carbons (Fsp3) is 0.692. The number of nitrogens with two attached hydrogens (primary N) is 1. The minimum Gasteiger partial charge on any atom is -0.422 e.